The van der Waals surface area contributed by atoms with Crippen molar-refractivity contribution in [1.29, 1.82) is 0 Å². The molecule has 0 aromatic carbocycles. The highest BCUT2D eigenvalue weighted by molar-refractivity contribution is 5.68. The number of rotatable bonds is 5. The average molecular weight is 298 g/mol. The van der Waals surface area contributed by atoms with Gasteiger partial charge < -0.3 is 0 Å². The van der Waals surface area contributed by atoms with Crippen LogP contribution in [-0.2, 0) is 0 Å². The minimum atomic E-state index is 0.408. The number of hydrogen-bond acceptors (Lipinski definition) is 0. The van der Waals surface area contributed by atoms with E-state index in [0.29, 0.717) is 5.92 Å². The molecular weight excluding hydrogens is 266 g/mol. The van der Waals surface area contributed by atoms with Crippen molar-refractivity contribution in [2.24, 2.45) is 5.92 Å². The third-order valence-electron chi connectivity index (χ3n) is 3.35. The van der Waals surface area contributed by atoms with Crippen LogP contribution in [0.1, 0.15) is 48.0 Å². The molecule has 0 radical (unpaired) electrons. The molecule has 0 fully saturated rings. The summed E-state index contributed by atoms with van der Waals surface area (Å²) in [7, 11) is 0. The average Bonchev–Trinajstić information content (AvgIpc) is 2.79. The topological polar surface area (TPSA) is 3.01 Å². The highest BCUT2D eigenvalue weighted by atomic mass is 15.1. The lowest BCUT2D eigenvalue weighted by Gasteiger charge is -2.01. The molecule has 1 aliphatic heterocycles. The maximum Gasteiger partial charge on any atom is 0.214 e. The predicted molar refractivity (Wildman–Crippen MR) is 101 cm³/mol. The molecule has 1 unspecified atom stereocenters. The zero-order valence-electron chi connectivity index (χ0n) is 15.1. The number of nitrogens with zero attached hydrogens (tertiary/aromatic N) is 1. The van der Waals surface area contributed by atoms with Gasteiger partial charge in [-0.1, -0.05) is 57.7 Å². The van der Waals surface area contributed by atoms with Crippen molar-refractivity contribution < 1.29 is 4.58 Å². The van der Waals surface area contributed by atoms with Crippen LogP contribution in [0.15, 0.2) is 72.2 Å². The molecule has 0 aromatic rings. The van der Waals surface area contributed by atoms with Gasteiger partial charge in [0.2, 0.25) is 5.70 Å². The van der Waals surface area contributed by atoms with E-state index in [2.05, 4.69) is 62.4 Å². The lowest BCUT2D eigenvalue weighted by Crippen LogP contribution is -2.07. The second kappa shape index (κ2) is 11.7. The Morgan fingerprint density at radius 1 is 1.09 bits per heavy atom. The van der Waals surface area contributed by atoms with Crippen molar-refractivity contribution in [3.8, 4) is 0 Å². The molecule has 1 heterocycles. The van der Waals surface area contributed by atoms with Crippen LogP contribution in [0.2, 0.25) is 0 Å². The summed E-state index contributed by atoms with van der Waals surface area (Å²) in [6, 6.07) is 0. The van der Waals surface area contributed by atoms with Crippen molar-refractivity contribution in [3.63, 3.8) is 0 Å². The Kier molecular flexibility index (Phi) is 10.7. The predicted octanol–water partition coefficient (Wildman–Crippen LogP) is 6.19. The standard InChI is InChI=1S/C19H26N.C2H6/c1-6-10-11-12-15-20-18(9-4)17(13-7-2)16(5)19(20)14-8-3;1-2/h6-7,9-16H,4,8H2,1-3,5H3;1-2H3/q+1;/b10-6-,12-11-,13-7-,19-14+,20-15+;. The smallest absolute Gasteiger partial charge is 0.164 e. The van der Waals surface area contributed by atoms with Crippen molar-refractivity contribution in [3.05, 3.63) is 72.2 Å². The molecule has 0 aliphatic carbocycles. The monoisotopic (exact) mass is 298 g/mol. The Morgan fingerprint density at radius 3 is 2.27 bits per heavy atom. The van der Waals surface area contributed by atoms with Gasteiger partial charge in [-0.2, -0.15) is 4.58 Å². The molecule has 0 bridgehead atoms. The Bertz CT molecular complexity index is 522. The van der Waals surface area contributed by atoms with Gasteiger partial charge in [0, 0.05) is 17.7 Å². The van der Waals surface area contributed by atoms with E-state index in [1.54, 1.807) is 0 Å². The van der Waals surface area contributed by atoms with Crippen LogP contribution in [0, 0.1) is 5.92 Å². The Balaban J connectivity index is 0.00000211. The highest BCUT2D eigenvalue weighted by Gasteiger charge is 2.35. The van der Waals surface area contributed by atoms with Gasteiger partial charge in [0.05, 0.1) is 5.92 Å². The zero-order valence-corrected chi connectivity index (χ0v) is 15.1. The zero-order chi connectivity index (χ0) is 17.0. The highest BCUT2D eigenvalue weighted by Crippen LogP contribution is 2.35. The first-order valence-electron chi connectivity index (χ1n) is 8.32. The summed E-state index contributed by atoms with van der Waals surface area (Å²) in [4.78, 5) is 0. The summed E-state index contributed by atoms with van der Waals surface area (Å²) in [5, 5.41) is 0. The minimum absolute atomic E-state index is 0.408. The van der Waals surface area contributed by atoms with Crippen molar-refractivity contribution in [1.82, 2.24) is 0 Å². The minimum Gasteiger partial charge on any atom is -0.164 e. The fourth-order valence-corrected chi connectivity index (χ4v) is 2.46. The normalized spacial score (nSPS) is 22.4. The number of hydrogen-bond donors (Lipinski definition) is 0. The number of allylic oxidation sites excluding steroid dienone is 9. The van der Waals surface area contributed by atoms with Gasteiger partial charge in [0.15, 0.2) is 11.9 Å². The maximum absolute atomic E-state index is 3.98. The fourth-order valence-electron chi connectivity index (χ4n) is 2.46. The fraction of sp³-hybridized carbons (Fsp3) is 0.381. The molecular formula is C21H32N+. The van der Waals surface area contributed by atoms with E-state index >= 15 is 0 Å². The van der Waals surface area contributed by atoms with Gasteiger partial charge >= 0.3 is 0 Å². The first-order valence-corrected chi connectivity index (χ1v) is 8.32. The summed E-state index contributed by atoms with van der Waals surface area (Å²) in [5.74, 6) is 0.408. The van der Waals surface area contributed by atoms with E-state index in [0.717, 1.165) is 6.42 Å². The van der Waals surface area contributed by atoms with Gasteiger partial charge in [-0.3, -0.25) is 0 Å². The quantitative estimate of drug-likeness (QED) is 0.420. The molecule has 0 aromatic heterocycles. The molecule has 0 saturated heterocycles. The van der Waals surface area contributed by atoms with Crippen molar-refractivity contribution in [2.75, 3.05) is 0 Å². The van der Waals surface area contributed by atoms with E-state index in [1.165, 1.54) is 17.0 Å². The van der Waals surface area contributed by atoms with Crippen LogP contribution in [0.25, 0.3) is 0 Å². The summed E-state index contributed by atoms with van der Waals surface area (Å²) >= 11 is 0. The summed E-state index contributed by atoms with van der Waals surface area (Å²) < 4.78 is 2.25. The van der Waals surface area contributed by atoms with Gasteiger partial charge in [-0.15, -0.1) is 0 Å². The van der Waals surface area contributed by atoms with Crippen LogP contribution < -0.4 is 0 Å². The summed E-state index contributed by atoms with van der Waals surface area (Å²) in [5.41, 5.74) is 3.85. The van der Waals surface area contributed by atoms with E-state index in [1.807, 2.05) is 45.1 Å². The Hall–Kier alpha value is -1.89. The van der Waals surface area contributed by atoms with E-state index in [-0.39, 0.29) is 0 Å². The van der Waals surface area contributed by atoms with Crippen molar-refractivity contribution >= 4 is 6.21 Å². The Morgan fingerprint density at radius 2 is 1.77 bits per heavy atom. The van der Waals surface area contributed by atoms with Crippen LogP contribution in [-0.4, -0.2) is 10.8 Å². The largest absolute Gasteiger partial charge is 0.214 e. The molecule has 1 aliphatic rings. The molecule has 1 atom stereocenters. The third kappa shape index (κ3) is 5.14. The first-order chi connectivity index (χ1) is 10.7. The second-order valence-corrected chi connectivity index (χ2v) is 4.73. The maximum atomic E-state index is 3.98. The Labute approximate surface area is 137 Å². The molecule has 1 heteroatoms. The molecule has 0 N–H and O–H groups in total. The summed E-state index contributed by atoms with van der Waals surface area (Å²) in [6.07, 6.45) is 19.8. The molecule has 22 heavy (non-hydrogen) atoms. The van der Waals surface area contributed by atoms with Crippen molar-refractivity contribution in [2.45, 2.75) is 48.0 Å². The molecule has 0 amide bonds. The molecule has 120 valence electrons. The van der Waals surface area contributed by atoms with E-state index in [9.17, 15) is 0 Å². The van der Waals surface area contributed by atoms with E-state index in [4.69, 9.17) is 0 Å². The van der Waals surface area contributed by atoms with Crippen LogP contribution in [0.5, 0.6) is 0 Å². The van der Waals surface area contributed by atoms with Gasteiger partial charge in [0.25, 0.3) is 0 Å². The van der Waals surface area contributed by atoms with Gasteiger partial charge in [-0.25, -0.2) is 0 Å². The van der Waals surface area contributed by atoms with Crippen LogP contribution in [0.4, 0.5) is 0 Å². The van der Waals surface area contributed by atoms with Gasteiger partial charge in [0.1, 0.15) is 0 Å². The SMILES string of the molecule is C=CC1=C(/C=C\C)C(C)C(=C\CC)/[N+]1=C/C=C\C=C/C.CC. The van der Waals surface area contributed by atoms with Crippen LogP contribution in [0.3, 0.4) is 0 Å². The lowest BCUT2D eigenvalue weighted by molar-refractivity contribution is -0.407. The second-order valence-electron chi connectivity index (χ2n) is 4.73. The molecule has 1 nitrogen and oxygen atoms in total. The third-order valence-corrected chi connectivity index (χ3v) is 3.35. The first kappa shape index (κ1) is 20.1. The molecule has 0 saturated carbocycles. The summed E-state index contributed by atoms with van der Waals surface area (Å²) in [6.45, 7) is 16.5. The van der Waals surface area contributed by atoms with Gasteiger partial charge in [-0.05, 0) is 33.3 Å². The molecule has 0 spiro atoms. The van der Waals surface area contributed by atoms with Crippen LogP contribution >= 0.6 is 0 Å². The molecule has 1 rings (SSSR count). The lowest BCUT2D eigenvalue weighted by atomic mass is 9.99. The van der Waals surface area contributed by atoms with E-state index < -0.39 is 0 Å².